The number of benzene rings is 1. The maximum Gasteiger partial charge on any atom is 0.416 e. The lowest BCUT2D eigenvalue weighted by Crippen LogP contribution is -2.40. The van der Waals surface area contributed by atoms with Crippen LogP contribution in [0.4, 0.5) is 19.0 Å². The largest absolute Gasteiger partial charge is 0.416 e. The minimum Gasteiger partial charge on any atom is -0.383 e. The number of methoxy groups -OCH3 is 1. The fourth-order valence-corrected chi connectivity index (χ4v) is 3.57. The summed E-state index contributed by atoms with van der Waals surface area (Å²) in [5, 5.41) is 3.30. The van der Waals surface area contributed by atoms with Crippen LogP contribution in [0.25, 0.3) is 20.7 Å². The Balaban J connectivity index is 1.81. The first-order valence-electron chi connectivity index (χ1n) is 8.09. The maximum atomic E-state index is 13.0. The quantitative estimate of drug-likeness (QED) is 0.314. The van der Waals surface area contributed by atoms with E-state index in [1.54, 1.807) is 19.2 Å². The van der Waals surface area contributed by atoms with Gasteiger partial charge >= 0.3 is 6.18 Å². The van der Waals surface area contributed by atoms with Crippen LogP contribution in [-0.4, -0.2) is 35.3 Å². The minimum atomic E-state index is -4.39. The highest BCUT2D eigenvalue weighted by Gasteiger charge is 2.30. The molecule has 2 aromatic heterocycles. The van der Waals surface area contributed by atoms with Gasteiger partial charge in [-0.2, -0.15) is 13.2 Å². The Bertz CT molecular complexity index is 977. The molecule has 0 unspecified atom stereocenters. The van der Waals surface area contributed by atoms with Gasteiger partial charge in [-0.1, -0.05) is 12.1 Å². The Kier molecular flexibility index (Phi) is 6.27. The second kappa shape index (κ2) is 8.67. The molecular weight excluding hydrogens is 411 g/mol. The lowest BCUT2D eigenvalue weighted by molar-refractivity contribution is -0.137. The fourth-order valence-electron chi connectivity index (χ4n) is 2.36. The van der Waals surface area contributed by atoms with Crippen LogP contribution in [0.2, 0.25) is 0 Å². The van der Waals surface area contributed by atoms with Gasteiger partial charge in [0.05, 0.1) is 22.4 Å². The molecule has 0 fully saturated rings. The highest BCUT2D eigenvalue weighted by Crippen LogP contribution is 2.38. The summed E-state index contributed by atoms with van der Waals surface area (Å²) in [6.45, 7) is 1.05. The van der Waals surface area contributed by atoms with E-state index >= 15 is 0 Å². The molecule has 0 atom stereocenters. The number of hydrogen-bond acceptors (Lipinski definition) is 6. The summed E-state index contributed by atoms with van der Waals surface area (Å²) < 4.78 is 44.6. The van der Waals surface area contributed by atoms with Crippen molar-refractivity contribution in [1.29, 1.82) is 0 Å². The summed E-state index contributed by atoms with van der Waals surface area (Å²) >= 11 is 6.42. The SMILES string of the molecule is COCCNC(=S)NNc1ncnc2cc(-c3cccc(C(F)(F)F)c3)sc12. The van der Waals surface area contributed by atoms with Gasteiger partial charge in [0, 0.05) is 18.5 Å². The lowest BCUT2D eigenvalue weighted by Gasteiger charge is -2.11. The zero-order valence-electron chi connectivity index (χ0n) is 14.6. The zero-order chi connectivity index (χ0) is 20.1. The number of hydrazine groups is 1. The van der Waals surface area contributed by atoms with Crippen LogP contribution >= 0.6 is 23.6 Å². The number of thiophene rings is 1. The summed E-state index contributed by atoms with van der Waals surface area (Å²) in [6.07, 6.45) is -3.02. The molecule has 3 rings (SSSR count). The van der Waals surface area contributed by atoms with Crippen LogP contribution in [0, 0.1) is 0 Å². The Labute approximate surface area is 168 Å². The van der Waals surface area contributed by atoms with Crippen molar-refractivity contribution in [3.05, 3.63) is 42.2 Å². The van der Waals surface area contributed by atoms with E-state index < -0.39 is 11.7 Å². The van der Waals surface area contributed by atoms with Crippen molar-refractivity contribution in [3.63, 3.8) is 0 Å². The minimum absolute atomic E-state index is 0.360. The van der Waals surface area contributed by atoms with E-state index in [-0.39, 0.29) is 0 Å². The van der Waals surface area contributed by atoms with Crippen LogP contribution in [0.3, 0.4) is 0 Å². The lowest BCUT2D eigenvalue weighted by atomic mass is 10.1. The van der Waals surface area contributed by atoms with E-state index in [1.807, 2.05) is 0 Å². The van der Waals surface area contributed by atoms with E-state index in [9.17, 15) is 13.2 Å². The molecule has 2 heterocycles. The number of aromatic nitrogens is 2. The summed E-state index contributed by atoms with van der Waals surface area (Å²) in [7, 11) is 1.59. The molecule has 0 aliphatic rings. The van der Waals surface area contributed by atoms with Crippen LogP contribution in [-0.2, 0) is 10.9 Å². The smallest absolute Gasteiger partial charge is 0.383 e. The molecular formula is C17H16F3N5OS2. The molecule has 148 valence electrons. The number of nitrogens with one attached hydrogen (secondary N) is 3. The topological polar surface area (TPSA) is 71.1 Å². The van der Waals surface area contributed by atoms with Crippen molar-refractivity contribution in [2.45, 2.75) is 6.18 Å². The molecule has 11 heteroatoms. The molecule has 1 aromatic carbocycles. The number of hydrogen-bond donors (Lipinski definition) is 3. The van der Waals surface area contributed by atoms with Gasteiger partial charge in [-0.15, -0.1) is 11.3 Å². The average molecular weight is 427 g/mol. The number of anilines is 1. The first-order chi connectivity index (χ1) is 13.4. The molecule has 0 saturated heterocycles. The van der Waals surface area contributed by atoms with Gasteiger partial charge in [0.2, 0.25) is 0 Å². The van der Waals surface area contributed by atoms with Gasteiger partial charge in [0.25, 0.3) is 0 Å². The molecule has 0 saturated carbocycles. The van der Waals surface area contributed by atoms with Crippen LogP contribution in [0.1, 0.15) is 5.56 Å². The second-order valence-corrected chi connectivity index (χ2v) is 7.09. The highest BCUT2D eigenvalue weighted by atomic mass is 32.1. The van der Waals surface area contributed by atoms with Crippen LogP contribution in [0.5, 0.6) is 0 Å². The van der Waals surface area contributed by atoms with E-state index in [0.29, 0.717) is 44.7 Å². The van der Waals surface area contributed by atoms with Gasteiger partial charge < -0.3 is 10.1 Å². The Morgan fingerprint density at radius 2 is 2.07 bits per heavy atom. The normalized spacial score (nSPS) is 11.4. The second-order valence-electron chi connectivity index (χ2n) is 5.62. The molecule has 0 aliphatic heterocycles. The number of rotatable bonds is 6. The molecule has 3 aromatic rings. The molecule has 0 amide bonds. The van der Waals surface area contributed by atoms with Crippen molar-refractivity contribution in [2.24, 2.45) is 0 Å². The fraction of sp³-hybridized carbons (Fsp3) is 0.235. The highest BCUT2D eigenvalue weighted by molar-refractivity contribution is 7.80. The number of alkyl halides is 3. The van der Waals surface area contributed by atoms with Gasteiger partial charge in [-0.05, 0) is 36.0 Å². The summed E-state index contributed by atoms with van der Waals surface area (Å²) in [6, 6.07) is 6.92. The molecule has 3 N–H and O–H groups in total. The van der Waals surface area contributed by atoms with Gasteiger partial charge in [0.1, 0.15) is 6.33 Å². The molecule has 0 aliphatic carbocycles. The van der Waals surface area contributed by atoms with Crippen molar-refractivity contribution in [3.8, 4) is 10.4 Å². The van der Waals surface area contributed by atoms with Crippen LogP contribution in [0.15, 0.2) is 36.7 Å². The molecule has 0 bridgehead atoms. The maximum absolute atomic E-state index is 13.0. The third kappa shape index (κ3) is 4.86. The standard InChI is InChI=1S/C17H16F3N5OS2/c1-26-6-5-21-16(27)25-24-15-14-12(22-9-23-15)8-13(28-14)10-3-2-4-11(7-10)17(18,19)20/h2-4,7-9H,5-6H2,1H3,(H2,21,25,27)(H,22,23,24). The van der Waals surface area contributed by atoms with Gasteiger partial charge in [-0.25, -0.2) is 9.97 Å². The Morgan fingerprint density at radius 3 is 2.82 bits per heavy atom. The first-order valence-corrected chi connectivity index (χ1v) is 9.32. The number of thiocarbonyl (C=S) groups is 1. The zero-order valence-corrected chi connectivity index (χ0v) is 16.3. The van der Waals surface area contributed by atoms with Crippen molar-refractivity contribution >= 4 is 44.7 Å². The van der Waals surface area contributed by atoms with Crippen molar-refractivity contribution in [2.75, 3.05) is 25.7 Å². The van der Waals surface area contributed by atoms with E-state index in [4.69, 9.17) is 17.0 Å². The van der Waals surface area contributed by atoms with Crippen molar-refractivity contribution < 1.29 is 17.9 Å². The predicted molar refractivity (Wildman–Crippen MR) is 107 cm³/mol. The Morgan fingerprint density at radius 1 is 1.25 bits per heavy atom. The van der Waals surface area contributed by atoms with E-state index in [0.717, 1.165) is 12.1 Å². The monoisotopic (exact) mass is 427 g/mol. The Hall–Kier alpha value is -2.50. The third-order valence-electron chi connectivity index (χ3n) is 3.67. The third-order valence-corrected chi connectivity index (χ3v) is 5.10. The number of ether oxygens (including phenoxy) is 1. The first kappa shape index (κ1) is 20.2. The average Bonchev–Trinajstić information content (AvgIpc) is 3.11. The molecule has 6 nitrogen and oxygen atoms in total. The molecule has 0 radical (unpaired) electrons. The molecule has 28 heavy (non-hydrogen) atoms. The van der Waals surface area contributed by atoms with E-state index in [2.05, 4.69) is 26.1 Å². The van der Waals surface area contributed by atoms with Gasteiger partial charge in [-0.3, -0.25) is 10.9 Å². The van der Waals surface area contributed by atoms with Crippen molar-refractivity contribution in [1.82, 2.24) is 20.7 Å². The molecule has 0 spiro atoms. The number of halogens is 3. The van der Waals surface area contributed by atoms with E-state index in [1.165, 1.54) is 23.7 Å². The summed E-state index contributed by atoms with van der Waals surface area (Å²) in [4.78, 5) is 9.02. The number of nitrogens with zero attached hydrogens (tertiary/aromatic N) is 2. The summed E-state index contributed by atoms with van der Waals surface area (Å²) in [5.74, 6) is 0.476. The summed E-state index contributed by atoms with van der Waals surface area (Å²) in [5.41, 5.74) is 6.10. The van der Waals surface area contributed by atoms with Gasteiger partial charge in [0.15, 0.2) is 10.9 Å². The predicted octanol–water partition coefficient (Wildman–Crippen LogP) is 3.81. The number of fused-ring (bicyclic) bond motifs is 1. The van der Waals surface area contributed by atoms with Crippen LogP contribution < -0.4 is 16.2 Å².